The van der Waals surface area contributed by atoms with Crippen LogP contribution in [0.25, 0.3) is 0 Å². The highest BCUT2D eigenvalue weighted by Gasteiger charge is 2.27. The molecule has 1 aromatic rings. The van der Waals surface area contributed by atoms with Crippen LogP contribution in [0.5, 0.6) is 0 Å². The number of nitrogens with one attached hydrogen (secondary N) is 1. The van der Waals surface area contributed by atoms with Gasteiger partial charge in [-0.2, -0.15) is 0 Å². The average molecular weight is 251 g/mol. The first kappa shape index (κ1) is 13.6. The summed E-state index contributed by atoms with van der Waals surface area (Å²) in [5.41, 5.74) is 0. The lowest BCUT2D eigenvalue weighted by atomic mass is 10.1. The van der Waals surface area contributed by atoms with Crippen molar-refractivity contribution in [3.05, 3.63) is 24.2 Å². The number of nitrogens with zero attached hydrogens (tertiary/aromatic N) is 2. The molecular formula is C14H25N3O. The Balaban J connectivity index is 2.07. The Morgan fingerprint density at radius 2 is 2.33 bits per heavy atom. The number of furan rings is 1. The number of rotatable bonds is 4. The molecule has 1 saturated heterocycles. The standard InChI is InChI=1S/C14H25N3O/c1-12-6-7-15-9-13(10-16(2)3)17(12)11-14-5-4-8-18-14/h4-5,8,12-13,15H,6-7,9-11H2,1-3H3. The topological polar surface area (TPSA) is 31.6 Å². The van der Waals surface area contributed by atoms with Gasteiger partial charge in [0, 0.05) is 25.2 Å². The molecule has 0 radical (unpaired) electrons. The largest absolute Gasteiger partial charge is 0.468 e. The molecule has 1 aromatic heterocycles. The van der Waals surface area contributed by atoms with E-state index in [4.69, 9.17) is 4.42 Å². The lowest BCUT2D eigenvalue weighted by molar-refractivity contribution is 0.111. The van der Waals surface area contributed by atoms with Crippen molar-refractivity contribution in [3.63, 3.8) is 0 Å². The van der Waals surface area contributed by atoms with Gasteiger partial charge in [-0.3, -0.25) is 4.90 Å². The summed E-state index contributed by atoms with van der Waals surface area (Å²) in [6.07, 6.45) is 2.96. The SMILES string of the molecule is CC1CCNCC(CN(C)C)N1Cc1ccco1. The quantitative estimate of drug-likeness (QED) is 0.876. The molecule has 4 nitrogen and oxygen atoms in total. The van der Waals surface area contributed by atoms with Crippen molar-refractivity contribution in [3.8, 4) is 0 Å². The first-order valence-electron chi connectivity index (χ1n) is 6.80. The van der Waals surface area contributed by atoms with E-state index in [0.717, 1.165) is 31.9 Å². The fraction of sp³-hybridized carbons (Fsp3) is 0.714. The Bertz CT molecular complexity index is 337. The highest BCUT2D eigenvalue weighted by atomic mass is 16.3. The summed E-state index contributed by atoms with van der Waals surface area (Å²) in [6.45, 7) is 6.48. The molecule has 1 aliphatic rings. The van der Waals surface area contributed by atoms with Crippen LogP contribution in [-0.4, -0.2) is 55.6 Å². The molecule has 1 fully saturated rings. The Morgan fingerprint density at radius 1 is 1.50 bits per heavy atom. The predicted octanol–water partition coefficient (Wildman–Crippen LogP) is 1.39. The third-order valence-corrected chi connectivity index (χ3v) is 3.65. The van der Waals surface area contributed by atoms with Crippen LogP contribution < -0.4 is 5.32 Å². The zero-order chi connectivity index (χ0) is 13.0. The molecule has 0 spiro atoms. The maximum atomic E-state index is 5.50. The maximum Gasteiger partial charge on any atom is 0.117 e. The molecule has 0 aromatic carbocycles. The van der Waals surface area contributed by atoms with Gasteiger partial charge in [0.1, 0.15) is 5.76 Å². The van der Waals surface area contributed by atoms with Crippen LogP contribution in [0.1, 0.15) is 19.1 Å². The van der Waals surface area contributed by atoms with Gasteiger partial charge in [-0.05, 0) is 46.1 Å². The van der Waals surface area contributed by atoms with E-state index in [1.54, 1.807) is 6.26 Å². The van der Waals surface area contributed by atoms with Crippen molar-refractivity contribution in [2.45, 2.75) is 32.0 Å². The molecule has 1 aliphatic heterocycles. The average Bonchev–Trinajstić information content (AvgIpc) is 2.76. The van der Waals surface area contributed by atoms with Crippen LogP contribution in [0.4, 0.5) is 0 Å². The summed E-state index contributed by atoms with van der Waals surface area (Å²) in [7, 11) is 4.28. The zero-order valence-corrected chi connectivity index (χ0v) is 11.7. The predicted molar refractivity (Wildman–Crippen MR) is 73.5 cm³/mol. The smallest absolute Gasteiger partial charge is 0.117 e. The van der Waals surface area contributed by atoms with Gasteiger partial charge in [-0.15, -0.1) is 0 Å². The molecule has 2 rings (SSSR count). The van der Waals surface area contributed by atoms with Crippen molar-refractivity contribution in [2.75, 3.05) is 33.7 Å². The monoisotopic (exact) mass is 251 g/mol. The molecule has 4 heteroatoms. The second kappa shape index (κ2) is 6.36. The van der Waals surface area contributed by atoms with Crippen molar-refractivity contribution in [1.29, 1.82) is 0 Å². The normalized spacial score (nSPS) is 26.4. The zero-order valence-electron chi connectivity index (χ0n) is 11.7. The first-order chi connectivity index (χ1) is 8.66. The van der Waals surface area contributed by atoms with Crippen molar-refractivity contribution >= 4 is 0 Å². The molecule has 102 valence electrons. The number of hydrogen-bond acceptors (Lipinski definition) is 4. The summed E-state index contributed by atoms with van der Waals surface area (Å²) in [5, 5.41) is 3.54. The fourth-order valence-electron chi connectivity index (χ4n) is 2.68. The summed E-state index contributed by atoms with van der Waals surface area (Å²) in [5.74, 6) is 1.06. The molecule has 1 N–H and O–H groups in total. The lowest BCUT2D eigenvalue weighted by Crippen LogP contribution is -2.48. The van der Waals surface area contributed by atoms with Gasteiger partial charge in [0.05, 0.1) is 12.8 Å². The van der Waals surface area contributed by atoms with Crippen LogP contribution in [0.2, 0.25) is 0 Å². The lowest BCUT2D eigenvalue weighted by Gasteiger charge is -2.35. The van der Waals surface area contributed by atoms with Gasteiger partial charge in [0.25, 0.3) is 0 Å². The van der Waals surface area contributed by atoms with Gasteiger partial charge < -0.3 is 14.6 Å². The van der Waals surface area contributed by atoms with Crippen molar-refractivity contribution in [1.82, 2.24) is 15.1 Å². The van der Waals surface area contributed by atoms with Crippen LogP contribution in [-0.2, 0) is 6.54 Å². The molecule has 0 bridgehead atoms. The van der Waals surface area contributed by atoms with E-state index in [1.165, 1.54) is 6.42 Å². The van der Waals surface area contributed by atoms with E-state index in [1.807, 2.05) is 6.07 Å². The Kier molecular flexibility index (Phi) is 4.80. The van der Waals surface area contributed by atoms with Gasteiger partial charge in [0.15, 0.2) is 0 Å². The Morgan fingerprint density at radius 3 is 3.00 bits per heavy atom. The summed E-state index contributed by atoms with van der Waals surface area (Å²) >= 11 is 0. The maximum absolute atomic E-state index is 5.50. The minimum atomic E-state index is 0.544. The van der Waals surface area contributed by atoms with E-state index in [0.29, 0.717) is 12.1 Å². The summed E-state index contributed by atoms with van der Waals surface area (Å²) < 4.78 is 5.50. The van der Waals surface area contributed by atoms with E-state index in [9.17, 15) is 0 Å². The highest BCUT2D eigenvalue weighted by Crippen LogP contribution is 2.17. The molecule has 2 unspecified atom stereocenters. The summed E-state index contributed by atoms with van der Waals surface area (Å²) in [6, 6.07) is 5.17. The third-order valence-electron chi connectivity index (χ3n) is 3.65. The van der Waals surface area contributed by atoms with Crippen LogP contribution >= 0.6 is 0 Å². The van der Waals surface area contributed by atoms with Gasteiger partial charge >= 0.3 is 0 Å². The van der Waals surface area contributed by atoms with Crippen LogP contribution in [0.15, 0.2) is 22.8 Å². The second-order valence-corrected chi connectivity index (χ2v) is 5.51. The number of hydrogen-bond donors (Lipinski definition) is 1. The highest BCUT2D eigenvalue weighted by molar-refractivity contribution is 4.99. The van der Waals surface area contributed by atoms with E-state index >= 15 is 0 Å². The van der Waals surface area contributed by atoms with Crippen LogP contribution in [0.3, 0.4) is 0 Å². The van der Waals surface area contributed by atoms with Crippen molar-refractivity contribution in [2.24, 2.45) is 0 Å². The van der Waals surface area contributed by atoms with Gasteiger partial charge in [-0.1, -0.05) is 0 Å². The fourth-order valence-corrected chi connectivity index (χ4v) is 2.68. The first-order valence-corrected chi connectivity index (χ1v) is 6.80. The van der Waals surface area contributed by atoms with Gasteiger partial charge in [-0.25, -0.2) is 0 Å². The summed E-state index contributed by atoms with van der Waals surface area (Å²) in [4.78, 5) is 4.83. The second-order valence-electron chi connectivity index (χ2n) is 5.51. The Labute approximate surface area is 110 Å². The van der Waals surface area contributed by atoms with E-state index < -0.39 is 0 Å². The molecule has 2 atom stereocenters. The molecule has 0 saturated carbocycles. The van der Waals surface area contributed by atoms with Crippen LogP contribution in [0, 0.1) is 0 Å². The minimum absolute atomic E-state index is 0.544. The van der Waals surface area contributed by atoms with E-state index in [2.05, 4.69) is 42.2 Å². The Hall–Kier alpha value is -0.840. The molecular weight excluding hydrogens is 226 g/mol. The minimum Gasteiger partial charge on any atom is -0.468 e. The molecule has 0 aliphatic carbocycles. The van der Waals surface area contributed by atoms with Crippen molar-refractivity contribution < 1.29 is 4.42 Å². The van der Waals surface area contributed by atoms with Gasteiger partial charge in [0.2, 0.25) is 0 Å². The molecule has 0 amide bonds. The molecule has 2 heterocycles. The van der Waals surface area contributed by atoms with E-state index in [-0.39, 0.29) is 0 Å². The molecule has 18 heavy (non-hydrogen) atoms. The third kappa shape index (κ3) is 3.57. The number of likely N-dealkylation sites (N-methyl/N-ethyl adjacent to an activating group) is 1.